The molecule has 206 valence electrons. The summed E-state index contributed by atoms with van der Waals surface area (Å²) in [5.74, 6) is -2.17. The highest BCUT2D eigenvalue weighted by atomic mass is 32.2. The molecule has 1 N–H and O–H groups in total. The van der Waals surface area contributed by atoms with Crippen LogP contribution in [0.1, 0.15) is 45.6 Å². The third kappa shape index (κ3) is 4.70. The van der Waals surface area contributed by atoms with Crippen molar-refractivity contribution in [2.75, 3.05) is 19.8 Å². The van der Waals surface area contributed by atoms with Gasteiger partial charge >= 0.3 is 5.97 Å². The molecule has 4 rings (SSSR count). The van der Waals surface area contributed by atoms with Crippen molar-refractivity contribution in [3.05, 3.63) is 61.2 Å². The molecule has 0 aliphatic carbocycles. The van der Waals surface area contributed by atoms with E-state index in [1.165, 1.54) is 0 Å². The van der Waals surface area contributed by atoms with Crippen LogP contribution in [0.3, 0.4) is 0 Å². The molecule has 2 amide bonds. The highest BCUT2D eigenvalue weighted by Crippen LogP contribution is 2.72. The Labute approximate surface area is 230 Å². The lowest BCUT2D eigenvalue weighted by Crippen LogP contribution is -2.58. The number of esters is 1. The van der Waals surface area contributed by atoms with Crippen LogP contribution in [-0.4, -0.2) is 74.0 Å². The molecule has 0 aromatic heterocycles. The molecule has 0 radical (unpaired) electrons. The summed E-state index contributed by atoms with van der Waals surface area (Å²) in [6.07, 6.45) is 5.29. The average Bonchev–Trinajstić information content (AvgIpc) is 3.45. The van der Waals surface area contributed by atoms with Gasteiger partial charge in [0.2, 0.25) is 11.8 Å². The minimum absolute atomic E-state index is 0.0766. The number of ether oxygens (including phenoxy) is 1. The van der Waals surface area contributed by atoms with E-state index in [0.29, 0.717) is 32.4 Å². The Hall–Kier alpha value is -2.58. The monoisotopic (exact) mass is 540 g/mol. The first-order valence-electron chi connectivity index (χ1n) is 13.5. The molecule has 0 saturated carbocycles. The van der Waals surface area contributed by atoms with E-state index in [0.717, 1.165) is 5.56 Å². The normalized spacial score (nSPS) is 30.3. The summed E-state index contributed by atoms with van der Waals surface area (Å²) in [4.78, 5) is 45.6. The Morgan fingerprint density at radius 2 is 1.95 bits per heavy atom. The van der Waals surface area contributed by atoms with Gasteiger partial charge in [-0.2, -0.15) is 0 Å². The van der Waals surface area contributed by atoms with E-state index in [2.05, 4.69) is 13.2 Å². The maximum Gasteiger partial charge on any atom is 0.311 e. The average molecular weight is 541 g/mol. The van der Waals surface area contributed by atoms with Crippen LogP contribution in [0, 0.1) is 17.8 Å². The standard InChI is InChI=1S/C30H40N2O5S/c1-6-8-17-37-28(36)24-23-26(34)32(22(19-33)20(3)4)25(30(23)15-14-29(24,5)38-30)27(35)31(16-7-2)18-21-12-10-9-11-13-21/h6-7,9-13,20,22-25,33H,1-2,8,14-19H2,3-5H3/t22-,23-,24+,25?,29-,30?/m0/s1. The lowest BCUT2D eigenvalue weighted by atomic mass is 9.66. The van der Waals surface area contributed by atoms with Crippen LogP contribution in [-0.2, 0) is 25.7 Å². The number of carbonyl (C=O) groups is 3. The molecule has 8 heteroatoms. The second kappa shape index (κ2) is 11.3. The van der Waals surface area contributed by atoms with Gasteiger partial charge in [-0.05, 0) is 37.7 Å². The third-order valence-corrected chi connectivity index (χ3v) is 10.4. The van der Waals surface area contributed by atoms with Gasteiger partial charge in [0.1, 0.15) is 6.04 Å². The summed E-state index contributed by atoms with van der Waals surface area (Å²) in [5.41, 5.74) is 0.981. The Morgan fingerprint density at radius 1 is 1.24 bits per heavy atom. The van der Waals surface area contributed by atoms with Gasteiger partial charge in [0.05, 0.1) is 35.8 Å². The van der Waals surface area contributed by atoms with E-state index >= 15 is 0 Å². The summed E-state index contributed by atoms with van der Waals surface area (Å²) in [6, 6.07) is 8.41. The number of amides is 2. The predicted molar refractivity (Wildman–Crippen MR) is 149 cm³/mol. The van der Waals surface area contributed by atoms with Crippen LogP contribution in [0.15, 0.2) is 55.6 Å². The number of likely N-dealkylation sites (tertiary alicyclic amines) is 1. The van der Waals surface area contributed by atoms with Crippen molar-refractivity contribution in [1.82, 2.24) is 9.80 Å². The second-order valence-electron chi connectivity index (χ2n) is 11.2. The van der Waals surface area contributed by atoms with Crippen LogP contribution in [0.4, 0.5) is 0 Å². The van der Waals surface area contributed by atoms with Crippen molar-refractivity contribution in [2.24, 2.45) is 17.8 Å². The highest BCUT2D eigenvalue weighted by Gasteiger charge is 2.78. The summed E-state index contributed by atoms with van der Waals surface area (Å²) < 4.78 is 4.36. The highest BCUT2D eigenvalue weighted by molar-refractivity contribution is 8.02. The summed E-state index contributed by atoms with van der Waals surface area (Å²) in [6.45, 7) is 14.1. The minimum Gasteiger partial charge on any atom is -0.465 e. The van der Waals surface area contributed by atoms with Crippen molar-refractivity contribution < 1.29 is 24.2 Å². The molecule has 3 saturated heterocycles. The molecule has 6 atom stereocenters. The third-order valence-electron chi connectivity index (χ3n) is 8.46. The maximum atomic E-state index is 14.5. The fourth-order valence-electron chi connectivity index (χ4n) is 6.68. The summed E-state index contributed by atoms with van der Waals surface area (Å²) in [7, 11) is 0. The number of hydrogen-bond donors (Lipinski definition) is 1. The van der Waals surface area contributed by atoms with E-state index in [4.69, 9.17) is 4.74 Å². The Kier molecular flexibility index (Phi) is 8.43. The SMILES string of the molecule is C=CCCOC(=O)[C@H]1[C@H]2C(=O)N([C@@H](CO)C(C)C)C(C(=O)N(CC=C)Cc3ccccc3)C23CC[C@]1(C)S3. The first kappa shape index (κ1) is 28.4. The number of aliphatic hydroxyl groups is 1. The van der Waals surface area contributed by atoms with Crippen LogP contribution in [0.2, 0.25) is 0 Å². The summed E-state index contributed by atoms with van der Waals surface area (Å²) >= 11 is 1.61. The lowest BCUT2D eigenvalue weighted by Gasteiger charge is -2.40. The second-order valence-corrected chi connectivity index (χ2v) is 13.1. The molecular formula is C30H40N2O5S. The molecule has 3 aliphatic rings. The molecule has 1 aromatic rings. The Morgan fingerprint density at radius 3 is 2.55 bits per heavy atom. The fraction of sp³-hybridized carbons (Fsp3) is 0.567. The molecule has 1 spiro atoms. The number of rotatable bonds is 12. The zero-order chi connectivity index (χ0) is 27.7. The van der Waals surface area contributed by atoms with Crippen molar-refractivity contribution >= 4 is 29.5 Å². The van der Waals surface area contributed by atoms with Crippen molar-refractivity contribution in [2.45, 2.75) is 68.2 Å². The van der Waals surface area contributed by atoms with E-state index in [1.54, 1.807) is 33.7 Å². The van der Waals surface area contributed by atoms with E-state index < -0.39 is 33.4 Å². The van der Waals surface area contributed by atoms with Gasteiger partial charge < -0.3 is 19.6 Å². The van der Waals surface area contributed by atoms with Gasteiger partial charge in [-0.3, -0.25) is 14.4 Å². The minimum atomic E-state index is -0.791. The van der Waals surface area contributed by atoms with Crippen LogP contribution in [0.25, 0.3) is 0 Å². The van der Waals surface area contributed by atoms with Gasteiger partial charge in [-0.1, -0.05) is 56.3 Å². The maximum absolute atomic E-state index is 14.5. The van der Waals surface area contributed by atoms with Crippen LogP contribution in [0.5, 0.6) is 0 Å². The molecule has 38 heavy (non-hydrogen) atoms. The number of fused-ring (bicyclic) bond motifs is 1. The number of benzene rings is 1. The fourth-order valence-corrected chi connectivity index (χ4v) is 9.00. The lowest BCUT2D eigenvalue weighted by molar-refractivity contribution is -0.156. The summed E-state index contributed by atoms with van der Waals surface area (Å²) in [5, 5.41) is 10.4. The molecule has 3 heterocycles. The molecular weight excluding hydrogens is 500 g/mol. The number of aliphatic hydroxyl groups excluding tert-OH is 1. The van der Waals surface area contributed by atoms with E-state index in [-0.39, 0.29) is 36.9 Å². The van der Waals surface area contributed by atoms with E-state index in [9.17, 15) is 19.5 Å². The largest absolute Gasteiger partial charge is 0.465 e. The number of thioether (sulfide) groups is 1. The topological polar surface area (TPSA) is 87.1 Å². The number of carbonyl (C=O) groups excluding carboxylic acids is 3. The van der Waals surface area contributed by atoms with Crippen molar-refractivity contribution in [3.63, 3.8) is 0 Å². The van der Waals surface area contributed by atoms with Gasteiger partial charge in [-0.15, -0.1) is 24.9 Å². The zero-order valence-electron chi connectivity index (χ0n) is 22.7. The molecule has 7 nitrogen and oxygen atoms in total. The van der Waals surface area contributed by atoms with Crippen molar-refractivity contribution in [1.29, 1.82) is 0 Å². The van der Waals surface area contributed by atoms with Crippen LogP contribution >= 0.6 is 11.8 Å². The predicted octanol–water partition coefficient (Wildman–Crippen LogP) is 3.82. The van der Waals surface area contributed by atoms with Crippen molar-refractivity contribution in [3.8, 4) is 0 Å². The molecule has 3 aliphatic heterocycles. The van der Waals surface area contributed by atoms with E-state index in [1.807, 2.05) is 51.1 Å². The first-order valence-corrected chi connectivity index (χ1v) is 14.3. The van der Waals surface area contributed by atoms with Gasteiger partial charge in [0.15, 0.2) is 0 Å². The van der Waals surface area contributed by atoms with Gasteiger partial charge in [-0.25, -0.2) is 0 Å². The van der Waals surface area contributed by atoms with Crippen LogP contribution < -0.4 is 0 Å². The van der Waals surface area contributed by atoms with Gasteiger partial charge in [0.25, 0.3) is 0 Å². The quantitative estimate of drug-likeness (QED) is 0.246. The van der Waals surface area contributed by atoms with Gasteiger partial charge in [0, 0.05) is 17.8 Å². The first-order chi connectivity index (χ1) is 18.1. The zero-order valence-corrected chi connectivity index (χ0v) is 23.5. The number of nitrogens with zero attached hydrogens (tertiary/aromatic N) is 2. The molecule has 2 bridgehead atoms. The molecule has 1 aromatic carbocycles. The Bertz CT molecular complexity index is 1080. The molecule has 3 fully saturated rings. The smallest absolute Gasteiger partial charge is 0.311 e. The molecule has 2 unspecified atom stereocenters. The Balaban J connectivity index is 1.77. The number of hydrogen-bond acceptors (Lipinski definition) is 6.